The normalized spacial score (nSPS) is 17.0. The number of amides is 1. The molecule has 2 N–H and O–H groups in total. The summed E-state index contributed by atoms with van der Waals surface area (Å²) in [6, 6.07) is 2.23. The van der Waals surface area contributed by atoms with Crippen molar-refractivity contribution in [2.45, 2.75) is 26.3 Å². The number of carbonyl (C=O) groups is 1. The molecule has 8 nitrogen and oxygen atoms in total. The summed E-state index contributed by atoms with van der Waals surface area (Å²) in [5, 5.41) is 16.8. The third kappa shape index (κ3) is 4.14. The van der Waals surface area contributed by atoms with Gasteiger partial charge in [0.05, 0.1) is 11.1 Å². The van der Waals surface area contributed by atoms with E-state index in [1.54, 1.807) is 0 Å². The van der Waals surface area contributed by atoms with E-state index in [9.17, 15) is 19.7 Å². The van der Waals surface area contributed by atoms with Crippen LogP contribution in [0.3, 0.4) is 0 Å². The van der Waals surface area contributed by atoms with Gasteiger partial charge in [-0.1, -0.05) is 6.92 Å². The smallest absolute Gasteiger partial charge is 0.285 e. The fraction of sp³-hybridized carbons (Fsp3) is 0.571. The van der Waals surface area contributed by atoms with Crippen LogP contribution in [0.15, 0.2) is 23.1 Å². The summed E-state index contributed by atoms with van der Waals surface area (Å²) in [5.41, 5.74) is -0.597. The summed E-state index contributed by atoms with van der Waals surface area (Å²) in [4.78, 5) is 33.7. The molecule has 0 radical (unpaired) electrons. The lowest BCUT2D eigenvalue weighted by molar-refractivity contribution is -0.385. The molecule has 1 aromatic heterocycles. The molecule has 0 aliphatic carbocycles. The minimum Gasteiger partial charge on any atom is -0.354 e. The fourth-order valence-electron chi connectivity index (χ4n) is 2.48. The van der Waals surface area contributed by atoms with E-state index in [1.807, 2.05) is 0 Å². The van der Waals surface area contributed by atoms with Gasteiger partial charge in [0.25, 0.3) is 11.2 Å². The van der Waals surface area contributed by atoms with Crippen LogP contribution in [-0.2, 0) is 11.3 Å². The minimum absolute atomic E-state index is 0.0502. The van der Waals surface area contributed by atoms with Crippen LogP contribution < -0.4 is 16.2 Å². The summed E-state index contributed by atoms with van der Waals surface area (Å²) in [6.45, 7) is 4.30. The molecule has 2 heterocycles. The van der Waals surface area contributed by atoms with Crippen LogP contribution in [0, 0.1) is 15.5 Å². The first kappa shape index (κ1) is 16.2. The number of nitro groups is 1. The Hall–Kier alpha value is -2.22. The molecule has 1 amide bonds. The molecule has 0 atom stereocenters. The summed E-state index contributed by atoms with van der Waals surface area (Å²) >= 11 is 0. The predicted molar refractivity (Wildman–Crippen MR) is 80.6 cm³/mol. The monoisotopic (exact) mass is 308 g/mol. The molecule has 1 saturated heterocycles. The average molecular weight is 308 g/mol. The van der Waals surface area contributed by atoms with Crippen LogP contribution in [0.4, 0.5) is 5.69 Å². The second-order valence-corrected chi connectivity index (χ2v) is 5.95. The molecule has 2 rings (SSSR count). The number of hydrogen-bond donors (Lipinski definition) is 2. The SMILES string of the molecule is CC1(CNC(=O)Cn2cc([N+](=O)[O-])ccc2=O)CCNCC1. The Morgan fingerprint density at radius 1 is 1.45 bits per heavy atom. The van der Waals surface area contributed by atoms with Gasteiger partial charge >= 0.3 is 0 Å². The lowest BCUT2D eigenvalue weighted by Crippen LogP contribution is -2.44. The maximum absolute atomic E-state index is 12.0. The second kappa shape index (κ2) is 6.69. The molecular weight excluding hydrogens is 288 g/mol. The molecule has 1 fully saturated rings. The Kier molecular flexibility index (Phi) is 4.92. The Morgan fingerprint density at radius 2 is 2.14 bits per heavy atom. The first-order chi connectivity index (χ1) is 10.4. The number of nitrogens with zero attached hydrogens (tertiary/aromatic N) is 2. The first-order valence-corrected chi connectivity index (χ1v) is 7.22. The molecule has 0 bridgehead atoms. The zero-order chi connectivity index (χ0) is 16.2. The fourth-order valence-corrected chi connectivity index (χ4v) is 2.48. The molecular formula is C14H20N4O4. The van der Waals surface area contributed by atoms with Gasteiger partial charge in [-0.3, -0.25) is 24.3 Å². The molecule has 0 unspecified atom stereocenters. The Balaban J connectivity index is 1.96. The largest absolute Gasteiger partial charge is 0.354 e. The van der Waals surface area contributed by atoms with Gasteiger partial charge in [0.15, 0.2) is 0 Å². The van der Waals surface area contributed by atoms with E-state index >= 15 is 0 Å². The van der Waals surface area contributed by atoms with Gasteiger partial charge in [0.2, 0.25) is 5.91 Å². The minimum atomic E-state index is -0.593. The van der Waals surface area contributed by atoms with Crippen LogP contribution in [0.5, 0.6) is 0 Å². The van der Waals surface area contributed by atoms with Crippen LogP contribution >= 0.6 is 0 Å². The highest BCUT2D eigenvalue weighted by atomic mass is 16.6. The van der Waals surface area contributed by atoms with E-state index < -0.39 is 10.5 Å². The lowest BCUT2D eigenvalue weighted by Gasteiger charge is -2.34. The zero-order valence-electron chi connectivity index (χ0n) is 12.5. The maximum Gasteiger partial charge on any atom is 0.285 e. The molecule has 0 aromatic carbocycles. The van der Waals surface area contributed by atoms with Crippen molar-refractivity contribution >= 4 is 11.6 Å². The number of rotatable bonds is 5. The standard InChI is InChI=1S/C14H20N4O4/c1-14(4-6-15-7-5-14)10-16-12(19)9-17-8-11(18(21)22)2-3-13(17)20/h2-3,8,15H,4-7,9-10H2,1H3,(H,16,19). The van der Waals surface area contributed by atoms with Crippen LogP contribution in [0.1, 0.15) is 19.8 Å². The van der Waals surface area contributed by atoms with Crippen molar-refractivity contribution in [3.63, 3.8) is 0 Å². The van der Waals surface area contributed by atoms with Crippen LogP contribution in [0.2, 0.25) is 0 Å². The number of hydrogen-bond acceptors (Lipinski definition) is 5. The predicted octanol–water partition coefficient (Wildman–Crippen LogP) is 0.262. The molecule has 120 valence electrons. The number of aromatic nitrogens is 1. The number of pyridine rings is 1. The number of piperidine rings is 1. The molecule has 1 aromatic rings. The number of carbonyl (C=O) groups excluding carboxylic acids is 1. The Labute approximate surface area is 127 Å². The van der Waals surface area contributed by atoms with Gasteiger partial charge in [0.1, 0.15) is 6.54 Å². The van der Waals surface area contributed by atoms with Crippen LogP contribution in [-0.4, -0.2) is 35.0 Å². The van der Waals surface area contributed by atoms with Gasteiger partial charge in [-0.25, -0.2) is 0 Å². The van der Waals surface area contributed by atoms with Crippen molar-refractivity contribution < 1.29 is 9.72 Å². The van der Waals surface area contributed by atoms with E-state index in [4.69, 9.17) is 0 Å². The molecule has 22 heavy (non-hydrogen) atoms. The van der Waals surface area contributed by atoms with Gasteiger partial charge in [-0.15, -0.1) is 0 Å². The highest BCUT2D eigenvalue weighted by Crippen LogP contribution is 2.26. The van der Waals surface area contributed by atoms with Gasteiger partial charge < -0.3 is 10.6 Å². The highest BCUT2D eigenvalue weighted by Gasteiger charge is 2.27. The van der Waals surface area contributed by atoms with E-state index in [2.05, 4.69) is 17.6 Å². The molecule has 0 spiro atoms. The summed E-state index contributed by atoms with van der Waals surface area (Å²) in [5.74, 6) is -0.317. The van der Waals surface area contributed by atoms with Crippen LogP contribution in [0.25, 0.3) is 0 Å². The van der Waals surface area contributed by atoms with E-state index in [0.29, 0.717) is 6.54 Å². The lowest BCUT2D eigenvalue weighted by atomic mass is 9.81. The third-order valence-corrected chi connectivity index (χ3v) is 4.02. The Bertz CT molecular complexity index is 620. The van der Waals surface area contributed by atoms with Crippen molar-refractivity contribution in [2.75, 3.05) is 19.6 Å². The highest BCUT2D eigenvalue weighted by molar-refractivity contribution is 5.75. The molecule has 1 aliphatic rings. The zero-order valence-corrected chi connectivity index (χ0v) is 12.5. The van der Waals surface area contributed by atoms with E-state index in [1.165, 1.54) is 0 Å². The van der Waals surface area contributed by atoms with Crippen molar-refractivity contribution in [1.82, 2.24) is 15.2 Å². The second-order valence-electron chi connectivity index (χ2n) is 5.95. The van der Waals surface area contributed by atoms with Gasteiger partial charge in [-0.05, 0) is 31.3 Å². The first-order valence-electron chi connectivity index (χ1n) is 7.22. The quantitative estimate of drug-likeness (QED) is 0.599. The molecule has 8 heteroatoms. The summed E-state index contributed by atoms with van der Waals surface area (Å²) in [7, 11) is 0. The topological polar surface area (TPSA) is 106 Å². The third-order valence-electron chi connectivity index (χ3n) is 4.02. The number of nitrogens with one attached hydrogen (secondary N) is 2. The van der Waals surface area contributed by atoms with Gasteiger partial charge in [-0.2, -0.15) is 0 Å². The maximum atomic E-state index is 12.0. The van der Waals surface area contributed by atoms with Crippen molar-refractivity contribution in [2.24, 2.45) is 5.41 Å². The summed E-state index contributed by atoms with van der Waals surface area (Å²) in [6.07, 6.45) is 3.04. The van der Waals surface area contributed by atoms with Crippen molar-refractivity contribution in [3.8, 4) is 0 Å². The van der Waals surface area contributed by atoms with Gasteiger partial charge in [0, 0.05) is 18.7 Å². The van der Waals surface area contributed by atoms with Crippen molar-refractivity contribution in [1.29, 1.82) is 0 Å². The van der Waals surface area contributed by atoms with Crippen molar-refractivity contribution in [3.05, 3.63) is 38.8 Å². The molecule has 0 saturated carbocycles. The molecule has 1 aliphatic heterocycles. The average Bonchev–Trinajstić information content (AvgIpc) is 2.48. The van der Waals surface area contributed by atoms with E-state index in [0.717, 1.165) is 48.8 Å². The van der Waals surface area contributed by atoms with E-state index in [-0.39, 0.29) is 23.6 Å². The summed E-state index contributed by atoms with van der Waals surface area (Å²) < 4.78 is 1.05. The Morgan fingerprint density at radius 3 is 2.77 bits per heavy atom.